The molecular formula is C25H20N2O2. The Morgan fingerprint density at radius 1 is 1.07 bits per heavy atom. The van der Waals surface area contributed by atoms with Gasteiger partial charge in [-0.3, -0.25) is 4.79 Å². The molecule has 1 heterocycles. The summed E-state index contributed by atoms with van der Waals surface area (Å²) in [6.07, 6.45) is 2.51. The zero-order valence-electron chi connectivity index (χ0n) is 16.3. The average Bonchev–Trinajstić information content (AvgIpc) is 3.12. The number of carbonyl (C=O) groups excluding carboxylic acids is 1. The van der Waals surface area contributed by atoms with Crippen molar-refractivity contribution in [2.24, 2.45) is 0 Å². The number of carbonyl (C=O) groups is 1. The predicted octanol–water partition coefficient (Wildman–Crippen LogP) is 5.99. The summed E-state index contributed by atoms with van der Waals surface area (Å²) in [5.41, 5.74) is 5.69. The van der Waals surface area contributed by atoms with Crippen molar-refractivity contribution in [3.63, 3.8) is 0 Å². The monoisotopic (exact) mass is 380 g/mol. The minimum atomic E-state index is 0.137. The molecule has 0 spiro atoms. The van der Waals surface area contributed by atoms with Gasteiger partial charge in [-0.2, -0.15) is 0 Å². The molecule has 142 valence electrons. The number of ketones is 1. The second kappa shape index (κ2) is 7.65. The largest absolute Gasteiger partial charge is 0.497 e. The van der Waals surface area contributed by atoms with Gasteiger partial charge in [0.2, 0.25) is 0 Å². The molecule has 0 bridgehead atoms. The fraction of sp³-hybridized carbons (Fsp3) is 0.120. The second-order valence-electron chi connectivity index (χ2n) is 7.00. The fourth-order valence-electron chi connectivity index (χ4n) is 3.61. The molecule has 0 radical (unpaired) electrons. The van der Waals surface area contributed by atoms with E-state index in [0.29, 0.717) is 12.1 Å². The second-order valence-corrected chi connectivity index (χ2v) is 7.00. The maximum Gasteiger partial charge on any atom is 0.188 e. The van der Waals surface area contributed by atoms with Gasteiger partial charge in [0.05, 0.1) is 19.2 Å². The minimum Gasteiger partial charge on any atom is -0.497 e. The third kappa shape index (κ3) is 3.63. The number of benzene rings is 3. The minimum absolute atomic E-state index is 0.137. The van der Waals surface area contributed by atoms with Crippen molar-refractivity contribution in [1.29, 1.82) is 0 Å². The van der Waals surface area contributed by atoms with Crippen molar-refractivity contribution in [1.82, 2.24) is 4.57 Å². The number of aromatic nitrogens is 1. The molecule has 3 aromatic carbocycles. The Bertz CT molecular complexity index is 1240. The predicted molar refractivity (Wildman–Crippen MR) is 116 cm³/mol. The molecule has 4 heteroatoms. The highest BCUT2D eigenvalue weighted by molar-refractivity contribution is 5.99. The number of methoxy groups -OCH3 is 1. The van der Waals surface area contributed by atoms with E-state index in [1.165, 1.54) is 0 Å². The standard InChI is InChI=1S/C25H20N2O2/c1-17(28)13-18-5-4-6-19(14-18)24-16-27(21-8-10-22(29-3)11-9-21)25-12-7-20(26-2)15-23(24)25/h4-12,14-16H,13H2,1,3H3. The molecule has 0 saturated heterocycles. The highest BCUT2D eigenvalue weighted by Gasteiger charge is 2.13. The van der Waals surface area contributed by atoms with Crippen LogP contribution in [0.4, 0.5) is 5.69 Å². The topological polar surface area (TPSA) is 35.6 Å². The first-order valence-electron chi connectivity index (χ1n) is 9.35. The number of fused-ring (bicyclic) bond motifs is 1. The zero-order chi connectivity index (χ0) is 20.4. The summed E-state index contributed by atoms with van der Waals surface area (Å²) in [7, 11) is 1.65. The lowest BCUT2D eigenvalue weighted by molar-refractivity contribution is -0.116. The summed E-state index contributed by atoms with van der Waals surface area (Å²) in [6.45, 7) is 8.99. The Labute approximate surface area is 169 Å². The van der Waals surface area contributed by atoms with Gasteiger partial charge in [-0.25, -0.2) is 4.85 Å². The molecule has 0 amide bonds. The van der Waals surface area contributed by atoms with E-state index in [-0.39, 0.29) is 5.78 Å². The third-order valence-corrected chi connectivity index (χ3v) is 4.96. The van der Waals surface area contributed by atoms with Gasteiger partial charge in [-0.05, 0) is 59.8 Å². The van der Waals surface area contributed by atoms with Crippen LogP contribution in [0.2, 0.25) is 0 Å². The quantitative estimate of drug-likeness (QED) is 0.399. The van der Waals surface area contributed by atoms with E-state index >= 15 is 0 Å². The zero-order valence-corrected chi connectivity index (χ0v) is 16.3. The van der Waals surface area contributed by atoms with Crippen molar-refractivity contribution in [3.05, 3.63) is 89.9 Å². The molecule has 0 aliphatic carbocycles. The van der Waals surface area contributed by atoms with Crippen LogP contribution in [0, 0.1) is 6.57 Å². The first kappa shape index (κ1) is 18.5. The Balaban J connectivity index is 1.92. The van der Waals surface area contributed by atoms with Crippen LogP contribution in [0.15, 0.2) is 72.9 Å². The lowest BCUT2D eigenvalue weighted by Crippen LogP contribution is -1.96. The summed E-state index contributed by atoms with van der Waals surface area (Å²) >= 11 is 0. The number of rotatable bonds is 5. The first-order valence-corrected chi connectivity index (χ1v) is 9.35. The van der Waals surface area contributed by atoms with E-state index < -0.39 is 0 Å². The van der Waals surface area contributed by atoms with Crippen molar-refractivity contribution in [2.75, 3.05) is 7.11 Å². The smallest absolute Gasteiger partial charge is 0.188 e. The highest BCUT2D eigenvalue weighted by atomic mass is 16.5. The molecule has 0 atom stereocenters. The van der Waals surface area contributed by atoms with Crippen LogP contribution < -0.4 is 4.74 Å². The highest BCUT2D eigenvalue weighted by Crippen LogP contribution is 2.35. The van der Waals surface area contributed by atoms with Gasteiger partial charge in [0.15, 0.2) is 5.69 Å². The van der Waals surface area contributed by atoms with Gasteiger partial charge in [-0.1, -0.05) is 30.3 Å². The lowest BCUT2D eigenvalue weighted by Gasteiger charge is -2.06. The number of nitrogens with zero attached hydrogens (tertiary/aromatic N) is 2. The molecule has 0 saturated carbocycles. The normalized spacial score (nSPS) is 10.7. The summed E-state index contributed by atoms with van der Waals surface area (Å²) < 4.78 is 7.39. The summed E-state index contributed by atoms with van der Waals surface area (Å²) in [5, 5.41) is 1.01. The number of hydrogen-bond donors (Lipinski definition) is 0. The Kier molecular flexibility index (Phi) is 4.88. The first-order chi connectivity index (χ1) is 14.1. The molecule has 0 N–H and O–H groups in total. The van der Waals surface area contributed by atoms with Gasteiger partial charge in [0.25, 0.3) is 0 Å². The van der Waals surface area contributed by atoms with Crippen LogP contribution in [0.3, 0.4) is 0 Å². The van der Waals surface area contributed by atoms with Crippen LogP contribution >= 0.6 is 0 Å². The summed E-state index contributed by atoms with van der Waals surface area (Å²) in [5.74, 6) is 0.941. The summed E-state index contributed by atoms with van der Waals surface area (Å²) in [4.78, 5) is 15.1. The van der Waals surface area contributed by atoms with Crippen LogP contribution in [0.25, 0.3) is 32.6 Å². The van der Waals surface area contributed by atoms with E-state index in [2.05, 4.69) is 21.7 Å². The molecule has 29 heavy (non-hydrogen) atoms. The molecule has 4 nitrogen and oxygen atoms in total. The van der Waals surface area contributed by atoms with E-state index in [0.717, 1.165) is 39.0 Å². The number of Topliss-reactive ketones (excluding diaryl/α,β-unsaturated/α-hetero) is 1. The van der Waals surface area contributed by atoms with E-state index in [4.69, 9.17) is 11.3 Å². The van der Waals surface area contributed by atoms with Crippen LogP contribution in [-0.4, -0.2) is 17.5 Å². The maximum absolute atomic E-state index is 11.6. The summed E-state index contributed by atoms with van der Waals surface area (Å²) in [6, 6.07) is 21.7. The van der Waals surface area contributed by atoms with E-state index in [1.54, 1.807) is 14.0 Å². The van der Waals surface area contributed by atoms with Gasteiger partial charge < -0.3 is 9.30 Å². The number of ether oxygens (including phenoxy) is 1. The van der Waals surface area contributed by atoms with Gasteiger partial charge in [0.1, 0.15) is 11.5 Å². The molecule has 4 aromatic rings. The van der Waals surface area contributed by atoms with Crippen molar-refractivity contribution in [2.45, 2.75) is 13.3 Å². The van der Waals surface area contributed by atoms with Crippen LogP contribution in [-0.2, 0) is 11.2 Å². The Morgan fingerprint density at radius 2 is 1.86 bits per heavy atom. The fourth-order valence-corrected chi connectivity index (χ4v) is 3.61. The Hall–Kier alpha value is -3.84. The van der Waals surface area contributed by atoms with E-state index in [9.17, 15) is 4.79 Å². The molecule has 4 rings (SSSR count). The van der Waals surface area contributed by atoms with Crippen molar-refractivity contribution in [3.8, 4) is 22.6 Å². The Morgan fingerprint density at radius 3 is 2.55 bits per heavy atom. The van der Waals surface area contributed by atoms with E-state index in [1.807, 2.05) is 60.7 Å². The molecule has 1 aromatic heterocycles. The van der Waals surface area contributed by atoms with Gasteiger partial charge >= 0.3 is 0 Å². The molecular weight excluding hydrogens is 360 g/mol. The van der Waals surface area contributed by atoms with Crippen LogP contribution in [0.5, 0.6) is 5.75 Å². The third-order valence-electron chi connectivity index (χ3n) is 4.96. The average molecular weight is 380 g/mol. The molecule has 0 aliphatic heterocycles. The maximum atomic E-state index is 11.6. The molecule has 0 aliphatic rings. The van der Waals surface area contributed by atoms with Gasteiger partial charge in [-0.15, -0.1) is 0 Å². The van der Waals surface area contributed by atoms with Gasteiger partial charge in [0, 0.05) is 23.9 Å². The van der Waals surface area contributed by atoms with Crippen LogP contribution in [0.1, 0.15) is 12.5 Å². The SMILES string of the molecule is [C-]#[N+]c1ccc2c(c1)c(-c1cccc(CC(C)=O)c1)cn2-c1ccc(OC)cc1. The molecule has 0 fully saturated rings. The lowest BCUT2D eigenvalue weighted by atomic mass is 10.0. The van der Waals surface area contributed by atoms with Crippen molar-refractivity contribution < 1.29 is 9.53 Å². The molecule has 0 unspecified atom stereocenters. The number of hydrogen-bond acceptors (Lipinski definition) is 2. The van der Waals surface area contributed by atoms with Crippen molar-refractivity contribution >= 4 is 22.4 Å².